The Morgan fingerprint density at radius 3 is 2.76 bits per heavy atom. The molecule has 2 atom stereocenters. The first kappa shape index (κ1) is 19.0. The third-order valence-corrected chi connectivity index (χ3v) is 5.21. The third-order valence-electron chi connectivity index (χ3n) is 5.21. The summed E-state index contributed by atoms with van der Waals surface area (Å²) in [6.07, 6.45) is 9.72. The van der Waals surface area contributed by atoms with Crippen molar-refractivity contribution in [2.24, 2.45) is 11.5 Å². The van der Waals surface area contributed by atoms with Gasteiger partial charge in [-0.2, -0.15) is 5.12 Å². The van der Waals surface area contributed by atoms with Crippen molar-refractivity contribution in [1.29, 1.82) is 0 Å². The van der Waals surface area contributed by atoms with Gasteiger partial charge in [-0.3, -0.25) is 19.7 Å². The maximum Gasteiger partial charge on any atom is 0.250 e. The first-order valence-electron chi connectivity index (χ1n) is 9.51. The number of benzene rings is 1. The average Bonchev–Trinajstić information content (AvgIpc) is 2.75. The second-order valence-corrected chi connectivity index (χ2v) is 7.16. The number of hydrogen-bond donors (Lipinski definition) is 3. The van der Waals surface area contributed by atoms with E-state index in [4.69, 9.17) is 11.5 Å². The highest BCUT2D eigenvalue weighted by Gasteiger charge is 2.25. The lowest BCUT2D eigenvalue weighted by molar-refractivity contribution is 0.1000. The standard InChI is InChI=1S/C20H22FN7O/c21-28(13-9-12(20(23)29)10-24-11-13)17-6-5-16-18(26-8-7-25-16)19(17)27-15-4-2-1-3-14(15)22/h5-11,14-15,27H,1-4,22H2,(H2,23,29). The fourth-order valence-electron chi connectivity index (χ4n) is 3.66. The molecule has 2 unspecified atom stereocenters. The molecule has 9 heteroatoms. The molecular formula is C20H22FN7O. The molecule has 0 bridgehead atoms. The number of aromatic nitrogens is 3. The van der Waals surface area contributed by atoms with Crippen LogP contribution in [0.25, 0.3) is 11.0 Å². The number of anilines is 3. The lowest BCUT2D eigenvalue weighted by atomic mass is 9.90. The zero-order valence-electron chi connectivity index (χ0n) is 15.8. The molecule has 2 heterocycles. The van der Waals surface area contributed by atoms with Crippen LogP contribution < -0.4 is 21.9 Å². The van der Waals surface area contributed by atoms with Crippen molar-refractivity contribution in [2.75, 3.05) is 10.4 Å². The fourth-order valence-corrected chi connectivity index (χ4v) is 3.66. The lowest BCUT2D eigenvalue weighted by Gasteiger charge is -2.31. The maximum atomic E-state index is 15.5. The number of nitrogens with zero attached hydrogens (tertiary/aromatic N) is 4. The van der Waals surface area contributed by atoms with Crippen molar-refractivity contribution < 1.29 is 9.28 Å². The van der Waals surface area contributed by atoms with Gasteiger partial charge in [0.05, 0.1) is 28.7 Å². The maximum absolute atomic E-state index is 15.5. The molecule has 0 radical (unpaired) electrons. The molecule has 0 spiro atoms. The van der Waals surface area contributed by atoms with E-state index in [1.807, 2.05) is 0 Å². The number of carbonyl (C=O) groups is 1. The molecular weight excluding hydrogens is 373 g/mol. The number of primary amides is 1. The summed E-state index contributed by atoms with van der Waals surface area (Å²) in [6.45, 7) is 0. The quantitative estimate of drug-likeness (QED) is 0.568. The number of carbonyl (C=O) groups excluding carboxylic acids is 1. The highest BCUT2D eigenvalue weighted by Crippen LogP contribution is 2.38. The van der Waals surface area contributed by atoms with Crippen molar-refractivity contribution >= 4 is 34.0 Å². The van der Waals surface area contributed by atoms with E-state index in [2.05, 4.69) is 20.3 Å². The van der Waals surface area contributed by atoms with E-state index in [1.54, 1.807) is 24.5 Å². The molecule has 1 aliphatic carbocycles. The largest absolute Gasteiger partial charge is 0.377 e. The van der Waals surface area contributed by atoms with Gasteiger partial charge < -0.3 is 16.8 Å². The van der Waals surface area contributed by atoms with Crippen LogP contribution in [-0.4, -0.2) is 32.9 Å². The lowest BCUT2D eigenvalue weighted by Crippen LogP contribution is -2.42. The number of fused-ring (bicyclic) bond motifs is 1. The fraction of sp³-hybridized carbons (Fsp3) is 0.300. The van der Waals surface area contributed by atoms with Crippen LogP contribution in [0.4, 0.5) is 21.5 Å². The van der Waals surface area contributed by atoms with E-state index < -0.39 is 5.91 Å². The van der Waals surface area contributed by atoms with Gasteiger partial charge in [-0.15, -0.1) is 0 Å². The van der Waals surface area contributed by atoms with Gasteiger partial charge in [0.15, 0.2) is 0 Å². The summed E-state index contributed by atoms with van der Waals surface area (Å²) in [5, 5.41) is 3.87. The van der Waals surface area contributed by atoms with Crippen molar-refractivity contribution in [1.82, 2.24) is 15.0 Å². The smallest absolute Gasteiger partial charge is 0.250 e. The van der Waals surface area contributed by atoms with Crippen LogP contribution in [-0.2, 0) is 0 Å². The number of amides is 1. The highest BCUT2D eigenvalue weighted by molar-refractivity contribution is 5.97. The number of pyridine rings is 1. The normalized spacial score (nSPS) is 19.1. The third kappa shape index (κ3) is 3.81. The second kappa shape index (κ2) is 7.96. The zero-order chi connectivity index (χ0) is 20.4. The Hall–Kier alpha value is -3.33. The van der Waals surface area contributed by atoms with E-state index in [0.29, 0.717) is 21.8 Å². The molecule has 1 fully saturated rings. The predicted octanol–water partition coefficient (Wildman–Crippen LogP) is 2.83. The summed E-state index contributed by atoms with van der Waals surface area (Å²) in [5.74, 6) is -0.677. The molecule has 1 aromatic carbocycles. The molecule has 5 N–H and O–H groups in total. The summed E-state index contributed by atoms with van der Waals surface area (Å²) in [5.41, 5.74) is 13.7. The average molecular weight is 395 g/mol. The van der Waals surface area contributed by atoms with E-state index in [9.17, 15) is 4.79 Å². The van der Waals surface area contributed by atoms with Crippen molar-refractivity contribution in [3.63, 3.8) is 0 Å². The molecule has 150 valence electrons. The van der Waals surface area contributed by atoms with Gasteiger partial charge in [-0.25, -0.2) is 0 Å². The van der Waals surface area contributed by atoms with Crippen LogP contribution in [0.2, 0.25) is 0 Å². The molecule has 29 heavy (non-hydrogen) atoms. The van der Waals surface area contributed by atoms with Crippen LogP contribution in [0.15, 0.2) is 43.0 Å². The van der Waals surface area contributed by atoms with Gasteiger partial charge in [-0.1, -0.05) is 17.3 Å². The Balaban J connectivity index is 1.79. The summed E-state index contributed by atoms with van der Waals surface area (Å²) in [4.78, 5) is 24.1. The van der Waals surface area contributed by atoms with Gasteiger partial charge in [-0.05, 0) is 31.0 Å². The van der Waals surface area contributed by atoms with Crippen LogP contribution >= 0.6 is 0 Å². The summed E-state index contributed by atoms with van der Waals surface area (Å²) in [6, 6.07) is 4.63. The minimum absolute atomic E-state index is 0.00131. The Morgan fingerprint density at radius 1 is 1.17 bits per heavy atom. The van der Waals surface area contributed by atoms with Crippen molar-refractivity contribution in [3.8, 4) is 0 Å². The van der Waals surface area contributed by atoms with Gasteiger partial charge in [0.25, 0.3) is 0 Å². The van der Waals surface area contributed by atoms with Gasteiger partial charge in [0.2, 0.25) is 5.91 Å². The first-order chi connectivity index (χ1) is 14.0. The van der Waals surface area contributed by atoms with Gasteiger partial charge >= 0.3 is 0 Å². The Kier molecular flexibility index (Phi) is 5.22. The molecule has 1 saturated carbocycles. The van der Waals surface area contributed by atoms with E-state index in [-0.39, 0.29) is 29.0 Å². The summed E-state index contributed by atoms with van der Waals surface area (Å²) in [7, 11) is 0. The number of nitrogens with one attached hydrogen (secondary N) is 1. The molecule has 2 aromatic heterocycles. The summed E-state index contributed by atoms with van der Waals surface area (Å²) >= 11 is 0. The molecule has 1 amide bonds. The number of halogens is 1. The molecule has 1 aliphatic rings. The number of hydrogen-bond acceptors (Lipinski definition) is 7. The molecule has 0 saturated heterocycles. The SMILES string of the molecule is NC(=O)c1cncc(N(F)c2ccc3nccnc3c2NC2CCCCC2N)c1. The predicted molar refractivity (Wildman–Crippen MR) is 109 cm³/mol. The van der Waals surface area contributed by atoms with Crippen molar-refractivity contribution in [2.45, 2.75) is 37.8 Å². The van der Waals surface area contributed by atoms with Crippen molar-refractivity contribution in [3.05, 3.63) is 48.5 Å². The van der Waals surface area contributed by atoms with Crippen LogP contribution in [0, 0.1) is 0 Å². The van der Waals surface area contributed by atoms with E-state index in [1.165, 1.54) is 18.5 Å². The highest BCUT2D eigenvalue weighted by atomic mass is 19.2. The van der Waals surface area contributed by atoms with Crippen LogP contribution in [0.5, 0.6) is 0 Å². The minimum atomic E-state index is -0.677. The Morgan fingerprint density at radius 2 is 1.97 bits per heavy atom. The topological polar surface area (TPSA) is 123 Å². The first-order valence-corrected chi connectivity index (χ1v) is 9.51. The van der Waals surface area contributed by atoms with Crippen LogP contribution in [0.1, 0.15) is 36.0 Å². The molecule has 3 aromatic rings. The zero-order valence-corrected chi connectivity index (χ0v) is 15.8. The van der Waals surface area contributed by atoms with E-state index in [0.717, 1.165) is 25.7 Å². The molecule has 4 rings (SSSR count). The Bertz CT molecular complexity index is 1040. The number of nitrogens with two attached hydrogens (primary N) is 2. The Labute approximate surface area is 167 Å². The van der Waals surface area contributed by atoms with Gasteiger partial charge in [0, 0.05) is 30.7 Å². The van der Waals surface area contributed by atoms with Crippen LogP contribution in [0.3, 0.4) is 0 Å². The second-order valence-electron chi connectivity index (χ2n) is 7.16. The number of rotatable bonds is 5. The van der Waals surface area contributed by atoms with E-state index >= 15 is 4.48 Å². The van der Waals surface area contributed by atoms with Gasteiger partial charge in [0.1, 0.15) is 11.2 Å². The molecule has 8 nitrogen and oxygen atoms in total. The summed E-state index contributed by atoms with van der Waals surface area (Å²) < 4.78 is 15.5. The molecule has 0 aliphatic heterocycles. The monoisotopic (exact) mass is 395 g/mol. The minimum Gasteiger partial charge on any atom is -0.377 e.